The predicted octanol–water partition coefficient (Wildman–Crippen LogP) is 3.58. The summed E-state index contributed by atoms with van der Waals surface area (Å²) in [5.74, 6) is 0. The second-order valence-corrected chi connectivity index (χ2v) is 2.75. The second kappa shape index (κ2) is 22.6. The summed E-state index contributed by atoms with van der Waals surface area (Å²) in [5, 5.41) is 0. The van der Waals surface area contributed by atoms with Crippen LogP contribution in [0.5, 0.6) is 0 Å². The monoisotopic (exact) mass is 210 g/mol. The normalized spacial score (nSPS) is 7.62. The van der Waals surface area contributed by atoms with Crippen LogP contribution in [0.25, 0.3) is 0 Å². The van der Waals surface area contributed by atoms with Gasteiger partial charge in [-0.15, -0.1) is 12.4 Å². The fourth-order valence-corrected chi connectivity index (χ4v) is 0.854. The number of carbonyl (C=O) groups excluding carboxylic acids is 1. The first-order valence-electron chi connectivity index (χ1n) is 4.79. The maximum absolute atomic E-state index is 8.95. The van der Waals surface area contributed by atoms with Gasteiger partial charge in [0.2, 0.25) is 0 Å². The van der Waals surface area contributed by atoms with Gasteiger partial charge in [0.05, 0.1) is 7.11 Å². The lowest BCUT2D eigenvalue weighted by atomic mass is 10.1. The summed E-state index contributed by atoms with van der Waals surface area (Å²) in [6.07, 6.45) is 8.49. The fraction of sp³-hybridized carbons (Fsp3) is 0.900. The van der Waals surface area contributed by atoms with Gasteiger partial charge in [0.1, 0.15) is 0 Å². The van der Waals surface area contributed by atoms with Crippen LogP contribution in [-0.4, -0.2) is 13.6 Å². The summed E-state index contributed by atoms with van der Waals surface area (Å²) in [6, 6.07) is 0. The zero-order valence-corrected chi connectivity index (χ0v) is 9.86. The lowest BCUT2D eigenvalue weighted by Crippen LogP contribution is -1.73. The largest absolute Gasteiger partial charge is 0.471 e. The van der Waals surface area contributed by atoms with E-state index in [0.29, 0.717) is 6.47 Å². The number of unbranched alkanes of at least 4 members (excludes halogenated alkanes) is 5. The summed E-state index contributed by atoms with van der Waals surface area (Å²) in [5.41, 5.74) is 0. The molecule has 0 atom stereocenters. The molecule has 0 heterocycles. The average Bonchev–Trinajstić information content (AvgIpc) is 2.13. The Kier molecular flexibility index (Phi) is 32.2. The van der Waals surface area contributed by atoms with E-state index in [9.17, 15) is 0 Å². The SMILES string of the molecule is CCCCCCCC.COC=O.Cl. The molecule has 0 aromatic rings. The smallest absolute Gasteiger partial charge is 0.292 e. The van der Waals surface area contributed by atoms with Crippen molar-refractivity contribution in [2.75, 3.05) is 7.11 Å². The van der Waals surface area contributed by atoms with E-state index in [1.165, 1.54) is 45.6 Å². The van der Waals surface area contributed by atoms with Crippen molar-refractivity contribution in [1.82, 2.24) is 0 Å². The molecule has 0 aromatic heterocycles. The number of halogens is 1. The molecular weight excluding hydrogens is 188 g/mol. The zero-order chi connectivity index (χ0) is 9.66. The molecule has 0 aliphatic rings. The second-order valence-electron chi connectivity index (χ2n) is 2.75. The van der Waals surface area contributed by atoms with Gasteiger partial charge >= 0.3 is 0 Å². The molecule has 0 saturated carbocycles. The molecule has 0 radical (unpaired) electrons. The number of methoxy groups -OCH3 is 1. The number of hydrogen-bond acceptors (Lipinski definition) is 2. The van der Waals surface area contributed by atoms with Crippen LogP contribution in [0.2, 0.25) is 0 Å². The van der Waals surface area contributed by atoms with Crippen LogP contribution in [0.15, 0.2) is 0 Å². The first-order valence-corrected chi connectivity index (χ1v) is 4.79. The van der Waals surface area contributed by atoms with Gasteiger partial charge in [-0.05, 0) is 0 Å². The molecule has 0 spiro atoms. The van der Waals surface area contributed by atoms with Gasteiger partial charge in [-0.2, -0.15) is 0 Å². The molecule has 0 rings (SSSR count). The fourth-order valence-electron chi connectivity index (χ4n) is 0.854. The first kappa shape index (κ1) is 18.5. The van der Waals surface area contributed by atoms with Gasteiger partial charge in [-0.3, -0.25) is 4.79 Å². The van der Waals surface area contributed by atoms with Crippen molar-refractivity contribution < 1.29 is 9.53 Å². The topological polar surface area (TPSA) is 26.3 Å². The molecule has 0 aromatic carbocycles. The molecule has 0 aliphatic heterocycles. The Morgan fingerprint density at radius 2 is 1.31 bits per heavy atom. The highest BCUT2D eigenvalue weighted by Crippen LogP contribution is 2.03. The van der Waals surface area contributed by atoms with Crippen LogP contribution in [0.4, 0.5) is 0 Å². The maximum Gasteiger partial charge on any atom is 0.292 e. The van der Waals surface area contributed by atoms with Crippen molar-refractivity contribution in [2.45, 2.75) is 52.4 Å². The van der Waals surface area contributed by atoms with Crippen LogP contribution >= 0.6 is 12.4 Å². The van der Waals surface area contributed by atoms with E-state index in [1.54, 1.807) is 0 Å². The van der Waals surface area contributed by atoms with Gasteiger partial charge < -0.3 is 4.74 Å². The molecule has 13 heavy (non-hydrogen) atoms. The number of ether oxygens (including phenoxy) is 1. The summed E-state index contributed by atoms with van der Waals surface area (Å²) >= 11 is 0. The summed E-state index contributed by atoms with van der Waals surface area (Å²) in [6.45, 7) is 4.89. The van der Waals surface area contributed by atoms with Crippen LogP contribution in [0, 0.1) is 0 Å². The van der Waals surface area contributed by atoms with Gasteiger partial charge in [0.25, 0.3) is 6.47 Å². The predicted molar refractivity (Wildman–Crippen MR) is 59.4 cm³/mol. The van der Waals surface area contributed by atoms with E-state index in [1.807, 2.05) is 0 Å². The number of rotatable bonds is 6. The van der Waals surface area contributed by atoms with E-state index in [2.05, 4.69) is 18.6 Å². The van der Waals surface area contributed by atoms with Crippen molar-refractivity contribution in [3.05, 3.63) is 0 Å². The Hall–Kier alpha value is -0.240. The third kappa shape index (κ3) is 33.8. The minimum Gasteiger partial charge on any atom is -0.471 e. The third-order valence-electron chi connectivity index (χ3n) is 1.55. The molecule has 0 bridgehead atoms. The average molecular weight is 211 g/mol. The zero-order valence-electron chi connectivity index (χ0n) is 9.04. The van der Waals surface area contributed by atoms with Gasteiger partial charge in [0.15, 0.2) is 0 Å². The van der Waals surface area contributed by atoms with E-state index in [0.717, 1.165) is 0 Å². The lowest BCUT2D eigenvalue weighted by Gasteiger charge is -1.93. The first-order chi connectivity index (χ1) is 5.83. The molecule has 0 aliphatic carbocycles. The van der Waals surface area contributed by atoms with E-state index in [4.69, 9.17) is 4.79 Å². The highest BCUT2D eigenvalue weighted by atomic mass is 35.5. The van der Waals surface area contributed by atoms with Crippen LogP contribution in [-0.2, 0) is 9.53 Å². The summed E-state index contributed by atoms with van der Waals surface area (Å²) < 4.78 is 3.86. The summed E-state index contributed by atoms with van der Waals surface area (Å²) in [7, 11) is 1.31. The van der Waals surface area contributed by atoms with Crippen molar-refractivity contribution >= 4 is 18.9 Å². The van der Waals surface area contributed by atoms with E-state index in [-0.39, 0.29) is 12.4 Å². The minimum absolute atomic E-state index is 0. The van der Waals surface area contributed by atoms with Gasteiger partial charge in [0, 0.05) is 0 Å². The van der Waals surface area contributed by atoms with Crippen molar-refractivity contribution in [1.29, 1.82) is 0 Å². The molecule has 3 heteroatoms. The molecule has 0 unspecified atom stereocenters. The van der Waals surface area contributed by atoms with E-state index >= 15 is 0 Å². The van der Waals surface area contributed by atoms with Crippen LogP contribution in [0.1, 0.15) is 52.4 Å². The molecule has 0 saturated heterocycles. The third-order valence-corrected chi connectivity index (χ3v) is 1.55. The van der Waals surface area contributed by atoms with Gasteiger partial charge in [-0.1, -0.05) is 52.4 Å². The highest BCUT2D eigenvalue weighted by molar-refractivity contribution is 5.85. The quantitative estimate of drug-likeness (QED) is 0.495. The Morgan fingerprint density at radius 3 is 1.46 bits per heavy atom. The Morgan fingerprint density at radius 1 is 1.00 bits per heavy atom. The molecule has 0 N–H and O–H groups in total. The van der Waals surface area contributed by atoms with Crippen molar-refractivity contribution in [3.8, 4) is 0 Å². The van der Waals surface area contributed by atoms with Crippen molar-refractivity contribution in [2.24, 2.45) is 0 Å². The molecule has 82 valence electrons. The molecule has 2 nitrogen and oxygen atoms in total. The Bertz CT molecular complexity index is 71.3. The molecule has 0 amide bonds. The van der Waals surface area contributed by atoms with Crippen LogP contribution < -0.4 is 0 Å². The highest BCUT2D eigenvalue weighted by Gasteiger charge is 1.83. The Balaban J connectivity index is -0.000000173. The van der Waals surface area contributed by atoms with Crippen molar-refractivity contribution in [3.63, 3.8) is 0 Å². The standard InChI is InChI=1S/C8H18.C2H4O2.ClH/c1-3-5-7-8-6-4-2;1-4-2-3;/h3-8H2,1-2H3;2H,1H3;1H. The number of hydrogen-bond donors (Lipinski definition) is 0. The molecule has 0 fully saturated rings. The van der Waals surface area contributed by atoms with E-state index < -0.39 is 0 Å². The van der Waals surface area contributed by atoms with Crippen LogP contribution in [0.3, 0.4) is 0 Å². The van der Waals surface area contributed by atoms with Gasteiger partial charge in [-0.25, -0.2) is 0 Å². The number of carbonyl (C=O) groups is 1. The molecular formula is C10H23ClO2. The minimum atomic E-state index is 0. The summed E-state index contributed by atoms with van der Waals surface area (Å²) in [4.78, 5) is 8.95. The Labute approximate surface area is 88.5 Å². The lowest BCUT2D eigenvalue weighted by molar-refractivity contribution is -0.126. The maximum atomic E-state index is 8.95.